The maximum atomic E-state index is 5.15. The summed E-state index contributed by atoms with van der Waals surface area (Å²) in [6, 6.07) is 42.6. The number of benzene rings is 6. The summed E-state index contributed by atoms with van der Waals surface area (Å²) < 4.78 is 2.68. The van der Waals surface area contributed by atoms with Gasteiger partial charge in [-0.3, -0.25) is 0 Å². The van der Waals surface area contributed by atoms with E-state index in [-0.39, 0.29) is 15.3 Å². The summed E-state index contributed by atoms with van der Waals surface area (Å²) in [5.74, 6) is 0. The van der Waals surface area contributed by atoms with Crippen molar-refractivity contribution in [3.63, 3.8) is 0 Å². The van der Waals surface area contributed by atoms with Gasteiger partial charge in [-0.25, -0.2) is 0 Å². The van der Waals surface area contributed by atoms with Gasteiger partial charge in [-0.1, -0.05) is 0 Å². The monoisotopic (exact) mass is 616 g/mol. The van der Waals surface area contributed by atoms with Gasteiger partial charge in [0.25, 0.3) is 0 Å². The number of fused-ring (bicyclic) bond motifs is 6. The van der Waals surface area contributed by atoms with Gasteiger partial charge in [-0.05, 0) is 0 Å². The number of aromatic nitrogens is 2. The third-order valence-corrected chi connectivity index (χ3v) is 11.7. The van der Waals surface area contributed by atoms with E-state index < -0.39 is 0 Å². The Kier molecular flexibility index (Phi) is 5.44. The van der Waals surface area contributed by atoms with Gasteiger partial charge in [0, 0.05) is 0 Å². The molecule has 1 aromatic heterocycles. The molecule has 0 fully saturated rings. The zero-order chi connectivity index (χ0) is 27.6. The first-order valence-electron chi connectivity index (χ1n) is 13.8. The van der Waals surface area contributed by atoms with Crippen LogP contribution in [0.15, 0.2) is 136 Å². The van der Waals surface area contributed by atoms with E-state index in [0.29, 0.717) is 0 Å². The predicted molar refractivity (Wildman–Crippen MR) is 173 cm³/mol. The van der Waals surface area contributed by atoms with E-state index in [9.17, 15) is 0 Å². The van der Waals surface area contributed by atoms with Gasteiger partial charge in [0.2, 0.25) is 0 Å². The van der Waals surface area contributed by atoms with Crippen molar-refractivity contribution in [2.45, 2.75) is 9.79 Å². The van der Waals surface area contributed by atoms with Crippen LogP contribution in [0.2, 0.25) is 0 Å². The molecule has 0 amide bonds. The first kappa shape index (κ1) is 24.1. The van der Waals surface area contributed by atoms with Crippen LogP contribution < -0.4 is 15.0 Å². The van der Waals surface area contributed by atoms with Gasteiger partial charge >= 0.3 is 254 Å². The second-order valence-corrected chi connectivity index (χ2v) is 13.9. The molecule has 0 atom stereocenters. The van der Waals surface area contributed by atoms with Crippen molar-refractivity contribution in [3.8, 4) is 22.3 Å². The van der Waals surface area contributed by atoms with E-state index in [4.69, 9.17) is 15.0 Å². The molecule has 0 spiro atoms. The van der Waals surface area contributed by atoms with E-state index >= 15 is 0 Å². The average Bonchev–Trinajstić information content (AvgIpc) is 3.04. The molecule has 0 radical (unpaired) electrons. The van der Waals surface area contributed by atoms with Crippen LogP contribution in [0.1, 0.15) is 0 Å². The Bertz CT molecular complexity index is 2380. The summed E-state index contributed by atoms with van der Waals surface area (Å²) in [7, 11) is 0. The summed E-state index contributed by atoms with van der Waals surface area (Å²) in [6.45, 7) is 0. The number of para-hydroxylation sites is 5. The Morgan fingerprint density at radius 2 is 1.33 bits per heavy atom. The fourth-order valence-electron chi connectivity index (χ4n) is 5.91. The second-order valence-electron chi connectivity index (χ2n) is 10.4. The molecule has 0 aliphatic carbocycles. The van der Waals surface area contributed by atoms with Crippen LogP contribution in [0.4, 0.5) is 17.1 Å². The summed E-state index contributed by atoms with van der Waals surface area (Å²) >= 11 is 1.57. The van der Waals surface area contributed by atoms with Crippen molar-refractivity contribution in [2.24, 2.45) is 4.99 Å². The molecule has 0 unspecified atom stereocenters. The third-order valence-electron chi connectivity index (χ3n) is 7.83. The Labute approximate surface area is 252 Å². The van der Waals surface area contributed by atoms with E-state index in [1.165, 1.54) is 29.2 Å². The molecule has 1 N–H and O–H groups in total. The fraction of sp³-hybridized carbons (Fsp3) is 0. The van der Waals surface area contributed by atoms with Crippen LogP contribution in [0, 0.1) is 3.95 Å². The number of rotatable bonds is 2. The van der Waals surface area contributed by atoms with Crippen molar-refractivity contribution in [3.05, 3.63) is 131 Å². The average molecular weight is 617 g/mol. The van der Waals surface area contributed by atoms with E-state index in [1.807, 2.05) is 36.0 Å². The molecule has 6 aromatic carbocycles. The second kappa shape index (κ2) is 9.49. The first-order valence-corrected chi connectivity index (χ1v) is 16.5. The zero-order valence-electron chi connectivity index (χ0n) is 22.2. The van der Waals surface area contributed by atoms with Gasteiger partial charge in [-0.15, -0.1) is 0 Å². The number of hydrogen-bond donors (Lipinski definition) is 1. The van der Waals surface area contributed by atoms with Gasteiger partial charge in [0.05, 0.1) is 0 Å². The van der Waals surface area contributed by atoms with E-state index in [1.54, 1.807) is 0 Å². The van der Waals surface area contributed by atoms with Crippen LogP contribution >= 0.6 is 11.8 Å². The molecular formula is C36H21AsN4S. The molecule has 0 saturated carbocycles. The molecule has 4 nitrogen and oxygen atoms in total. The molecule has 9 rings (SSSR count). The van der Waals surface area contributed by atoms with E-state index in [0.717, 1.165) is 55.6 Å². The van der Waals surface area contributed by atoms with Crippen LogP contribution in [0.5, 0.6) is 0 Å². The van der Waals surface area contributed by atoms with Crippen LogP contribution in [-0.4, -0.2) is 25.3 Å². The van der Waals surface area contributed by atoms with Gasteiger partial charge in [0.1, 0.15) is 0 Å². The van der Waals surface area contributed by atoms with Crippen molar-refractivity contribution >= 4 is 70.6 Å². The van der Waals surface area contributed by atoms with Crippen molar-refractivity contribution in [1.82, 2.24) is 9.97 Å². The molecule has 6 heteroatoms. The number of hydrogen-bond acceptors (Lipinski definition) is 5. The van der Waals surface area contributed by atoms with Crippen molar-refractivity contribution in [2.75, 3.05) is 5.32 Å². The first-order chi connectivity index (χ1) is 20.8. The molecule has 196 valence electrons. The fourth-order valence-corrected chi connectivity index (χ4v) is 9.41. The quantitative estimate of drug-likeness (QED) is 0.159. The molecule has 3 heterocycles. The SMILES string of the molecule is c1ccc2c(c1)N=c1cccc(-c3c(-c4cccc5nc6ccccc6nc45)ccc4c3Nc3ccccc3S4)c1=[As]2. The minimum atomic E-state index is -0.251. The Morgan fingerprint density at radius 1 is 0.571 bits per heavy atom. The van der Waals surface area contributed by atoms with Crippen molar-refractivity contribution < 1.29 is 0 Å². The van der Waals surface area contributed by atoms with Gasteiger partial charge < -0.3 is 0 Å². The molecular weight excluding hydrogens is 595 g/mol. The Balaban J connectivity index is 1.38. The summed E-state index contributed by atoms with van der Waals surface area (Å²) in [4.78, 5) is 17.7. The molecule has 7 aromatic rings. The van der Waals surface area contributed by atoms with E-state index in [2.05, 4.69) is 102 Å². The summed E-state index contributed by atoms with van der Waals surface area (Å²) in [5.41, 5.74) is 11.6. The molecule has 0 saturated heterocycles. The maximum absolute atomic E-state index is 5.15. The van der Waals surface area contributed by atoms with Crippen LogP contribution in [0.3, 0.4) is 0 Å². The van der Waals surface area contributed by atoms with Crippen LogP contribution in [-0.2, 0) is 0 Å². The normalized spacial score (nSPS) is 13.1. The number of anilines is 2. The van der Waals surface area contributed by atoms with Gasteiger partial charge in [-0.2, -0.15) is 0 Å². The van der Waals surface area contributed by atoms with Gasteiger partial charge in [0.15, 0.2) is 0 Å². The molecule has 2 aliphatic heterocycles. The summed E-state index contributed by atoms with van der Waals surface area (Å²) in [6.07, 6.45) is 0. The number of nitrogens with zero attached hydrogens (tertiary/aromatic N) is 3. The topological polar surface area (TPSA) is 50.2 Å². The summed E-state index contributed by atoms with van der Waals surface area (Å²) in [5, 5.41) is 4.92. The molecule has 42 heavy (non-hydrogen) atoms. The number of nitrogens with one attached hydrogen (secondary N) is 1. The zero-order valence-corrected chi connectivity index (χ0v) is 24.9. The molecule has 0 bridgehead atoms. The molecule has 2 aliphatic rings. The third kappa shape index (κ3) is 3.78. The Morgan fingerprint density at radius 3 is 2.29 bits per heavy atom. The standard InChI is InChI=1S/C36H21AsN4S/c1-2-12-25-24(11-1)37-34-23(10-8-16-29(34)38-25)33-21(19-20-32-36(33)41-28-15-5-6-18-31(28)42-32)22-9-7-17-30-35(22)40-27-14-4-3-13-26(27)39-30/h1-20,41H. The van der Waals surface area contributed by atoms with Crippen molar-refractivity contribution in [1.29, 1.82) is 0 Å². The minimum absolute atomic E-state index is 0.251. The Hall–Kier alpha value is -4.57. The predicted octanol–water partition coefficient (Wildman–Crippen LogP) is 7.87. The van der Waals surface area contributed by atoms with Crippen LogP contribution in [0.25, 0.3) is 44.3 Å².